The van der Waals surface area contributed by atoms with Crippen molar-refractivity contribution in [2.24, 2.45) is 71.0 Å². The zero-order chi connectivity index (χ0) is 99.0. The van der Waals surface area contributed by atoms with Crippen molar-refractivity contribution >= 4 is 57.7 Å². The molecule has 6 aromatic rings. The summed E-state index contributed by atoms with van der Waals surface area (Å²) >= 11 is 0. The number of carbonyl (C=O) groups excluding carboxylic acids is 9. The normalized spacial score (nSPS) is 11.8. The number of ketones is 9. The number of allylic oxidation sites excluding steroid dienone is 2. The quantitative estimate of drug-likeness (QED) is 0.0213. The molecule has 1 aliphatic carbocycles. The maximum atomic E-state index is 11.7. The summed E-state index contributed by atoms with van der Waals surface area (Å²) in [6, 6.07) is 51.6. The first-order valence-electron chi connectivity index (χ1n) is 49.6. The van der Waals surface area contributed by atoms with E-state index in [2.05, 4.69) is 75.4 Å². The predicted octanol–water partition coefficient (Wildman–Crippen LogP) is 29.3. The summed E-state index contributed by atoms with van der Waals surface area (Å²) in [4.78, 5) is 102. The molecule has 0 bridgehead atoms. The molecule has 0 spiro atoms. The third kappa shape index (κ3) is 66.8. The molecule has 2 N–H and O–H groups in total. The van der Waals surface area contributed by atoms with Crippen LogP contribution in [0.15, 0.2) is 169 Å². The van der Waals surface area contributed by atoms with Gasteiger partial charge in [-0.2, -0.15) is 0 Å². The van der Waals surface area contributed by atoms with Crippen LogP contribution in [0.5, 0.6) is 28.7 Å². The van der Waals surface area contributed by atoms with E-state index < -0.39 is 0 Å². The van der Waals surface area contributed by atoms with Crippen LogP contribution < -0.4 is 29.4 Å². The van der Waals surface area contributed by atoms with E-state index in [0.29, 0.717) is 95.9 Å². The molecular formula is C116H181NO14. The lowest BCUT2D eigenvalue weighted by Gasteiger charge is -2.21. The Balaban J connectivity index is 0. The number of rotatable bonds is 50. The average molecular weight is 1810 g/mol. The van der Waals surface area contributed by atoms with E-state index >= 15 is 0 Å². The van der Waals surface area contributed by atoms with Crippen molar-refractivity contribution in [2.75, 3.05) is 40.3 Å². The molecule has 6 aromatic carbocycles. The molecule has 2 atom stereocenters. The maximum absolute atomic E-state index is 11.7. The number of Topliss-reactive ketones (excluding diaryl/α,β-unsaturated/α-hetero) is 9. The summed E-state index contributed by atoms with van der Waals surface area (Å²) in [5.74, 6) is 9.72. The van der Waals surface area contributed by atoms with E-state index in [9.17, 15) is 43.2 Å². The molecule has 0 heterocycles. The number of anilines is 1. The van der Waals surface area contributed by atoms with Crippen LogP contribution in [0.1, 0.15) is 342 Å². The second-order valence-electron chi connectivity index (χ2n) is 38.0. The summed E-state index contributed by atoms with van der Waals surface area (Å²) in [5, 5.41) is 0. The van der Waals surface area contributed by atoms with Crippen molar-refractivity contribution < 1.29 is 66.8 Å². The Kier molecular flexibility index (Phi) is 73.2. The van der Waals surface area contributed by atoms with Crippen molar-refractivity contribution in [1.29, 1.82) is 0 Å². The highest BCUT2D eigenvalue weighted by Crippen LogP contribution is 2.39. The lowest BCUT2D eigenvalue weighted by atomic mass is 9.85. The average Bonchev–Trinajstić information content (AvgIpc) is 0.827. The predicted molar refractivity (Wildman–Crippen MR) is 549 cm³/mol. The Hall–Kier alpha value is -9.11. The number of ether oxygens (including phenoxy) is 5. The van der Waals surface area contributed by atoms with Crippen LogP contribution in [-0.2, 0) is 68.8 Å². The molecule has 0 aliphatic heterocycles. The van der Waals surface area contributed by atoms with E-state index in [-0.39, 0.29) is 77.4 Å². The topological polar surface area (TPSA) is 226 Å². The molecule has 131 heavy (non-hydrogen) atoms. The monoisotopic (exact) mass is 1810 g/mol. The molecule has 0 amide bonds. The molecule has 734 valence electrons. The molecule has 1 fully saturated rings. The van der Waals surface area contributed by atoms with E-state index in [1.54, 1.807) is 21.3 Å². The van der Waals surface area contributed by atoms with Crippen LogP contribution in [0.25, 0.3) is 0 Å². The summed E-state index contributed by atoms with van der Waals surface area (Å²) in [6.07, 6.45) is 32.4. The molecular weight excluding hydrogens is 1630 g/mol. The van der Waals surface area contributed by atoms with Gasteiger partial charge in [0.05, 0.1) is 27.9 Å². The molecule has 1 saturated carbocycles. The Morgan fingerprint density at radius 3 is 1.12 bits per heavy atom. The van der Waals surface area contributed by atoms with Crippen LogP contribution in [0.3, 0.4) is 0 Å². The Morgan fingerprint density at radius 1 is 0.366 bits per heavy atom. The SMILES string of the molecule is CC(C)=CCCC(C)CC(=O)C(C)C.CC(C)C(=O)CCCCC1CCCCC1.CC(C)C(=O)CCCCCc1ccccc1.CC(C)C(=O)CCCCc1ccccc1.CC(C)C(=O)CCCOc1ccccc1.CC(C)C(=O)CCCc1ccc(N)cc1.CC(C)C(=O)COc1ccccc1.CCC(C)C(=O)C(C)C.COc1cc(CCC(=O)C(C)C)cc(OC)c1OC. The molecule has 0 aromatic heterocycles. The van der Waals surface area contributed by atoms with Crippen molar-refractivity contribution in [3.05, 3.63) is 192 Å². The van der Waals surface area contributed by atoms with E-state index in [1.807, 2.05) is 248 Å². The summed E-state index contributed by atoms with van der Waals surface area (Å²) < 4.78 is 26.6. The number of carbonyl (C=O) groups is 9. The highest BCUT2D eigenvalue weighted by molar-refractivity contribution is 5.84. The van der Waals surface area contributed by atoms with Crippen LogP contribution in [0, 0.1) is 71.0 Å². The van der Waals surface area contributed by atoms with Crippen LogP contribution in [0.4, 0.5) is 5.69 Å². The number of methoxy groups -OCH3 is 3. The number of unbranched alkanes of at least 4 members (excludes halogenated alkanes) is 4. The standard InChI is InChI=1S/C15H22O4.C15H22O.C14H26O.C14H20O.C13H19NO.C13H18O2.C13H24O.C11H14O2.C8H16O/c1-10(2)12(16)7-6-11-8-13(17-3)15(19-5)14(9-11)18-4;1-13(2)15(16)12-8-4-7-11-14-9-5-3-6-10-14;2*1-12(2)14(15)11-7-6-10-13-8-4-3-5-9-13;1-10(2)13(15)5-3-4-11-6-8-12(14)9-7-11;1-11(2)13(14)9-6-10-15-12-7-4-3-5-8-12;1-10(2)7-6-8-12(5)9-13(14)11(3)4;1-9(2)11(12)8-13-10-6-4-3-5-7-10;1-5-7(4)8(9)6(2)3/h8-10H,6-7H2,1-5H3;3,5-6,9-10,13H,4,7-8,11-12H2,1-2H3;12-13H,3-11H2,1-2H3;3-5,8-9,12H,6-7,10-11H2,1-2H3;6-10H,3-5,14H2,1-2H3;3-5,7-8,11H,6,9-10H2,1-2H3;7,11-12H,6,8-9H2,1-5H3;3-7,9H,8H2,1-2H3;6-7H,5H2,1-4H3. The highest BCUT2D eigenvalue weighted by atomic mass is 16.5. The molecule has 1 aliphatic rings. The number of hydrogen-bond donors (Lipinski definition) is 1. The molecule has 0 saturated heterocycles. The van der Waals surface area contributed by atoms with Crippen LogP contribution in [-0.4, -0.2) is 86.6 Å². The number of para-hydroxylation sites is 2. The second kappa shape index (κ2) is 77.3. The van der Waals surface area contributed by atoms with Crippen LogP contribution in [0.2, 0.25) is 0 Å². The number of benzene rings is 6. The van der Waals surface area contributed by atoms with E-state index in [0.717, 1.165) is 138 Å². The fourth-order valence-corrected chi connectivity index (χ4v) is 13.3. The largest absolute Gasteiger partial charge is 0.494 e. The lowest BCUT2D eigenvalue weighted by molar-refractivity contribution is -0.125. The smallest absolute Gasteiger partial charge is 0.203 e. The third-order valence-corrected chi connectivity index (χ3v) is 22.8. The van der Waals surface area contributed by atoms with Crippen LogP contribution >= 0.6 is 0 Å². The van der Waals surface area contributed by atoms with Crippen molar-refractivity contribution in [2.45, 2.75) is 345 Å². The number of aryl methyl sites for hydroxylation is 4. The minimum atomic E-state index is 0.0451. The molecule has 0 radical (unpaired) electrons. The zero-order valence-electron chi connectivity index (χ0n) is 86.7. The van der Waals surface area contributed by atoms with Gasteiger partial charge in [-0.05, 0) is 186 Å². The Labute approximate surface area is 797 Å². The van der Waals surface area contributed by atoms with E-state index in [1.165, 1.54) is 73.6 Å². The first kappa shape index (κ1) is 124. The van der Waals surface area contributed by atoms with Gasteiger partial charge in [-0.25, -0.2) is 0 Å². The summed E-state index contributed by atoms with van der Waals surface area (Å²) in [7, 11) is 4.74. The number of hydrogen-bond acceptors (Lipinski definition) is 15. The zero-order valence-corrected chi connectivity index (χ0v) is 86.7. The van der Waals surface area contributed by atoms with Crippen molar-refractivity contribution in [3.63, 3.8) is 0 Å². The first-order valence-corrected chi connectivity index (χ1v) is 49.6. The Bertz CT molecular complexity index is 3890. The van der Waals surface area contributed by atoms with Gasteiger partial charge in [0, 0.05) is 110 Å². The fraction of sp³-hybridized carbons (Fsp3) is 0.595. The van der Waals surface area contributed by atoms with Gasteiger partial charge in [0.25, 0.3) is 0 Å². The highest BCUT2D eigenvalue weighted by Gasteiger charge is 2.19. The molecule has 15 heteroatoms. The summed E-state index contributed by atoms with van der Waals surface area (Å²) in [6.45, 7) is 46.3. The van der Waals surface area contributed by atoms with Gasteiger partial charge in [0.2, 0.25) is 5.75 Å². The minimum Gasteiger partial charge on any atom is -0.494 e. The van der Waals surface area contributed by atoms with Gasteiger partial charge in [-0.15, -0.1) is 0 Å². The lowest BCUT2D eigenvalue weighted by Crippen LogP contribution is -2.16. The third-order valence-electron chi connectivity index (χ3n) is 22.8. The van der Waals surface area contributed by atoms with Gasteiger partial charge in [0.15, 0.2) is 17.3 Å². The summed E-state index contributed by atoms with van der Waals surface area (Å²) in [5.41, 5.74) is 12.8. The first-order chi connectivity index (χ1) is 62.1. The second-order valence-corrected chi connectivity index (χ2v) is 38.0. The number of nitrogens with two attached hydrogens (primary N) is 1. The van der Waals surface area contributed by atoms with Gasteiger partial charge in [0.1, 0.15) is 64.4 Å². The van der Waals surface area contributed by atoms with Crippen molar-refractivity contribution in [1.82, 2.24) is 0 Å². The minimum absolute atomic E-state index is 0.0451. The Morgan fingerprint density at radius 2 is 0.733 bits per heavy atom. The number of nitrogen functional groups attached to an aromatic ring is 1. The molecule has 7 rings (SSSR count). The van der Waals surface area contributed by atoms with E-state index in [4.69, 9.17) is 29.4 Å². The van der Waals surface area contributed by atoms with Crippen molar-refractivity contribution in [3.8, 4) is 28.7 Å². The van der Waals surface area contributed by atoms with Gasteiger partial charge >= 0.3 is 0 Å². The van der Waals surface area contributed by atoms with Gasteiger partial charge in [-0.1, -0.05) is 318 Å². The molecule has 15 nitrogen and oxygen atoms in total. The fourth-order valence-electron chi connectivity index (χ4n) is 13.3. The van der Waals surface area contributed by atoms with Gasteiger partial charge < -0.3 is 29.4 Å². The van der Waals surface area contributed by atoms with Gasteiger partial charge in [-0.3, -0.25) is 43.2 Å². The molecule has 2 unspecified atom stereocenters. The maximum Gasteiger partial charge on any atom is 0.203 e.